The highest BCUT2D eigenvalue weighted by atomic mass is 79.9. The van der Waals surface area contributed by atoms with E-state index in [1.54, 1.807) is 24.5 Å². The molecule has 20 heavy (non-hydrogen) atoms. The summed E-state index contributed by atoms with van der Waals surface area (Å²) in [5.41, 5.74) is 1.54. The first-order valence-electron chi connectivity index (χ1n) is 6.59. The smallest absolute Gasteiger partial charge is 0.149 e. The van der Waals surface area contributed by atoms with Crippen LogP contribution in [0.3, 0.4) is 0 Å². The van der Waals surface area contributed by atoms with Crippen LogP contribution in [-0.2, 0) is 0 Å². The number of hydrogen-bond donors (Lipinski definition) is 1. The maximum Gasteiger partial charge on any atom is 0.149 e. The van der Waals surface area contributed by atoms with Gasteiger partial charge in [0, 0.05) is 18.0 Å². The zero-order chi connectivity index (χ0) is 14.5. The molecule has 1 aromatic heterocycles. The van der Waals surface area contributed by atoms with Crippen LogP contribution in [0.15, 0.2) is 35.1 Å². The largest absolute Gasteiger partial charge is 0.304 e. The van der Waals surface area contributed by atoms with E-state index in [-0.39, 0.29) is 11.9 Å². The quantitative estimate of drug-likeness (QED) is 0.902. The van der Waals surface area contributed by atoms with Crippen molar-refractivity contribution in [3.8, 4) is 0 Å². The summed E-state index contributed by atoms with van der Waals surface area (Å²) in [6, 6.07) is 4.92. The van der Waals surface area contributed by atoms with Gasteiger partial charge in [-0.15, -0.1) is 0 Å². The van der Waals surface area contributed by atoms with Crippen LogP contribution in [0, 0.1) is 12.7 Å². The van der Waals surface area contributed by atoms with Gasteiger partial charge in [0.05, 0.1) is 10.5 Å². The number of halogens is 2. The molecule has 0 amide bonds. The second-order valence-electron chi connectivity index (χ2n) is 4.65. The Balaban J connectivity index is 2.41. The second kappa shape index (κ2) is 6.90. The Bertz CT molecular complexity index is 572. The van der Waals surface area contributed by atoms with Gasteiger partial charge in [-0.3, -0.25) is 0 Å². The number of aryl methyl sites for hydroxylation is 1. The molecule has 0 saturated heterocycles. The van der Waals surface area contributed by atoms with Crippen LogP contribution in [0.2, 0.25) is 0 Å². The third-order valence-corrected chi connectivity index (χ3v) is 3.56. The summed E-state index contributed by atoms with van der Waals surface area (Å²) < 4.78 is 14.8. The zero-order valence-corrected chi connectivity index (χ0v) is 13.1. The van der Waals surface area contributed by atoms with Crippen LogP contribution in [0.1, 0.15) is 36.3 Å². The van der Waals surface area contributed by atoms with Gasteiger partial charge >= 0.3 is 0 Å². The average Bonchev–Trinajstić information content (AvgIpc) is 2.45. The first-order valence-corrected chi connectivity index (χ1v) is 7.38. The predicted molar refractivity (Wildman–Crippen MR) is 81.0 cm³/mol. The highest BCUT2D eigenvalue weighted by Crippen LogP contribution is 2.26. The molecule has 0 spiro atoms. The molecule has 3 nitrogen and oxygen atoms in total. The lowest BCUT2D eigenvalue weighted by Gasteiger charge is -2.18. The van der Waals surface area contributed by atoms with Crippen LogP contribution in [-0.4, -0.2) is 16.5 Å². The van der Waals surface area contributed by atoms with Crippen molar-refractivity contribution in [3.63, 3.8) is 0 Å². The fourth-order valence-electron chi connectivity index (χ4n) is 1.92. The lowest BCUT2D eigenvalue weighted by atomic mass is 10.1. The van der Waals surface area contributed by atoms with Crippen LogP contribution in [0.25, 0.3) is 0 Å². The van der Waals surface area contributed by atoms with E-state index in [1.165, 1.54) is 0 Å². The van der Waals surface area contributed by atoms with Crippen molar-refractivity contribution in [2.24, 2.45) is 0 Å². The number of aromatic nitrogens is 2. The molecule has 106 valence electrons. The normalized spacial score (nSPS) is 12.4. The van der Waals surface area contributed by atoms with Gasteiger partial charge in [0.25, 0.3) is 0 Å². The van der Waals surface area contributed by atoms with E-state index in [4.69, 9.17) is 0 Å². The molecular weight excluding hydrogens is 321 g/mol. The van der Waals surface area contributed by atoms with E-state index in [1.807, 2.05) is 13.0 Å². The molecule has 0 aliphatic carbocycles. The minimum absolute atomic E-state index is 0.273. The fraction of sp³-hybridized carbons (Fsp3) is 0.333. The minimum Gasteiger partial charge on any atom is -0.304 e. The Labute approximate surface area is 126 Å². The molecule has 2 aromatic rings. The molecule has 1 heterocycles. The predicted octanol–water partition coefficient (Wildman–Crippen LogP) is 3.78. The Morgan fingerprint density at radius 1 is 1.30 bits per heavy atom. The molecule has 5 heteroatoms. The second-order valence-corrected chi connectivity index (χ2v) is 5.50. The third-order valence-electron chi connectivity index (χ3n) is 2.95. The topological polar surface area (TPSA) is 37.8 Å². The van der Waals surface area contributed by atoms with E-state index >= 15 is 0 Å². The molecule has 0 radical (unpaired) electrons. The van der Waals surface area contributed by atoms with E-state index in [2.05, 4.69) is 38.1 Å². The summed E-state index contributed by atoms with van der Waals surface area (Å²) in [5.74, 6) is 0.311. The van der Waals surface area contributed by atoms with Crippen LogP contribution in [0.5, 0.6) is 0 Å². The maximum atomic E-state index is 14.3. The van der Waals surface area contributed by atoms with Gasteiger partial charge in [-0.05, 0) is 47.4 Å². The standard InChI is InChI=1S/C15H17BrFN3/c1-3-7-18-14(15-19-8-10(2)9-20-15)11-5-4-6-12(16)13(11)17/h4-6,8-9,14,18H,3,7H2,1-2H3. The average molecular weight is 338 g/mol. The number of nitrogens with zero attached hydrogens (tertiary/aromatic N) is 2. The first kappa shape index (κ1) is 15.1. The lowest BCUT2D eigenvalue weighted by Crippen LogP contribution is -2.26. The van der Waals surface area contributed by atoms with Crippen LogP contribution >= 0.6 is 15.9 Å². The Morgan fingerprint density at radius 2 is 2.00 bits per heavy atom. The van der Waals surface area contributed by atoms with Gasteiger partial charge in [-0.25, -0.2) is 14.4 Å². The summed E-state index contributed by atoms with van der Waals surface area (Å²) >= 11 is 3.22. The van der Waals surface area contributed by atoms with Gasteiger partial charge < -0.3 is 5.32 Å². The molecule has 1 aromatic carbocycles. The van der Waals surface area contributed by atoms with Gasteiger partial charge in [0.1, 0.15) is 11.6 Å². The van der Waals surface area contributed by atoms with Crippen molar-refractivity contribution < 1.29 is 4.39 Å². The van der Waals surface area contributed by atoms with Crippen molar-refractivity contribution in [3.05, 3.63) is 57.8 Å². The molecular formula is C15H17BrFN3. The van der Waals surface area contributed by atoms with Gasteiger partial charge in [-0.2, -0.15) is 0 Å². The van der Waals surface area contributed by atoms with E-state index in [0.29, 0.717) is 15.9 Å². The fourth-order valence-corrected chi connectivity index (χ4v) is 2.31. The monoisotopic (exact) mass is 337 g/mol. The molecule has 1 atom stereocenters. The first-order chi connectivity index (χ1) is 9.63. The van der Waals surface area contributed by atoms with Crippen molar-refractivity contribution in [2.45, 2.75) is 26.3 Å². The lowest BCUT2D eigenvalue weighted by molar-refractivity contribution is 0.527. The number of rotatable bonds is 5. The summed E-state index contributed by atoms with van der Waals surface area (Å²) in [6.07, 6.45) is 4.45. The zero-order valence-electron chi connectivity index (χ0n) is 11.5. The molecule has 1 unspecified atom stereocenters. The van der Waals surface area contributed by atoms with Crippen molar-refractivity contribution in [1.82, 2.24) is 15.3 Å². The summed E-state index contributed by atoms with van der Waals surface area (Å²) in [6.45, 7) is 4.77. The van der Waals surface area contributed by atoms with Crippen LogP contribution < -0.4 is 5.32 Å². The molecule has 0 fully saturated rings. The van der Waals surface area contributed by atoms with Gasteiger partial charge in [0.15, 0.2) is 0 Å². The Hall–Kier alpha value is -1.33. The van der Waals surface area contributed by atoms with E-state index in [9.17, 15) is 4.39 Å². The molecule has 2 rings (SSSR count). The minimum atomic E-state index is -0.340. The molecule has 0 aliphatic rings. The highest BCUT2D eigenvalue weighted by molar-refractivity contribution is 9.10. The molecule has 0 aliphatic heterocycles. The Morgan fingerprint density at radius 3 is 2.65 bits per heavy atom. The molecule has 1 N–H and O–H groups in total. The third kappa shape index (κ3) is 3.41. The van der Waals surface area contributed by atoms with Crippen LogP contribution in [0.4, 0.5) is 4.39 Å². The molecule has 0 saturated carbocycles. The van der Waals surface area contributed by atoms with E-state index < -0.39 is 0 Å². The van der Waals surface area contributed by atoms with Crippen molar-refractivity contribution >= 4 is 15.9 Å². The number of benzene rings is 1. The summed E-state index contributed by atoms with van der Waals surface area (Å²) in [5, 5.41) is 3.30. The van der Waals surface area contributed by atoms with E-state index in [0.717, 1.165) is 18.5 Å². The van der Waals surface area contributed by atoms with Gasteiger partial charge in [0.2, 0.25) is 0 Å². The number of nitrogens with one attached hydrogen (secondary N) is 1. The number of hydrogen-bond acceptors (Lipinski definition) is 3. The van der Waals surface area contributed by atoms with Gasteiger partial charge in [-0.1, -0.05) is 19.1 Å². The van der Waals surface area contributed by atoms with Crippen molar-refractivity contribution in [1.29, 1.82) is 0 Å². The molecule has 0 bridgehead atoms. The highest BCUT2D eigenvalue weighted by Gasteiger charge is 2.20. The van der Waals surface area contributed by atoms with Crippen molar-refractivity contribution in [2.75, 3.05) is 6.54 Å². The maximum absolute atomic E-state index is 14.3. The summed E-state index contributed by atoms with van der Waals surface area (Å²) in [7, 11) is 0. The summed E-state index contributed by atoms with van der Waals surface area (Å²) in [4.78, 5) is 8.65. The Kier molecular flexibility index (Phi) is 5.20. The SMILES string of the molecule is CCCNC(c1ncc(C)cn1)c1cccc(Br)c1F.